The Morgan fingerprint density at radius 1 is 1.29 bits per heavy atom. The maximum atomic E-state index is 10.9. The molecule has 0 N–H and O–H groups in total. The Balaban J connectivity index is 2.05. The Morgan fingerprint density at radius 2 is 2.00 bits per heavy atom. The summed E-state index contributed by atoms with van der Waals surface area (Å²) in [6.07, 6.45) is 1.79. The summed E-state index contributed by atoms with van der Waals surface area (Å²) in [7, 11) is 1.63. The smallest absolute Gasteiger partial charge is 0.150 e. The molecule has 0 amide bonds. The molecule has 0 unspecified atom stereocenters. The molecule has 21 heavy (non-hydrogen) atoms. The van der Waals surface area contributed by atoms with Crippen LogP contribution in [0.2, 0.25) is 5.02 Å². The van der Waals surface area contributed by atoms with E-state index in [1.165, 1.54) is 5.56 Å². The Labute approximate surface area is 147 Å². The third kappa shape index (κ3) is 4.63. The molecular weight excluding hydrogens is 419 g/mol. The molecule has 0 aliphatic rings. The van der Waals surface area contributed by atoms with Crippen molar-refractivity contribution in [2.75, 3.05) is 12.9 Å². The van der Waals surface area contributed by atoms with Crippen LogP contribution in [0.3, 0.4) is 0 Å². The number of rotatable bonds is 6. The van der Waals surface area contributed by atoms with E-state index in [4.69, 9.17) is 16.3 Å². The lowest BCUT2D eigenvalue weighted by Crippen LogP contribution is -1.95. The number of carbonyl (C=O) groups excluding carboxylic acids is 1. The number of aryl methyl sites for hydroxylation is 1. The number of ether oxygens (including phenoxy) is 1. The highest BCUT2D eigenvalue weighted by atomic mass is 127. The van der Waals surface area contributed by atoms with Crippen LogP contribution in [0, 0.1) is 3.57 Å². The molecule has 110 valence electrons. The van der Waals surface area contributed by atoms with E-state index in [1.807, 2.05) is 30.3 Å². The van der Waals surface area contributed by atoms with Gasteiger partial charge in [-0.05, 0) is 58.8 Å². The molecule has 2 aromatic rings. The van der Waals surface area contributed by atoms with Gasteiger partial charge < -0.3 is 4.74 Å². The highest BCUT2D eigenvalue weighted by Gasteiger charge is 2.10. The number of aldehydes is 1. The topological polar surface area (TPSA) is 26.3 Å². The summed E-state index contributed by atoms with van der Waals surface area (Å²) in [5, 5.41) is 0.757. The molecule has 2 aromatic carbocycles. The van der Waals surface area contributed by atoms with Crippen molar-refractivity contribution in [2.45, 2.75) is 11.3 Å². The number of hydrogen-bond acceptors (Lipinski definition) is 3. The molecular formula is C16H14ClIO2S. The first-order chi connectivity index (χ1) is 10.1. The number of halogens is 2. The SMILES string of the molecule is COc1cc(C=O)cc(I)c1SCCc1ccc(Cl)cc1. The molecule has 0 heterocycles. The van der Waals surface area contributed by atoms with E-state index in [0.717, 1.165) is 37.7 Å². The van der Waals surface area contributed by atoms with E-state index in [1.54, 1.807) is 24.9 Å². The van der Waals surface area contributed by atoms with Crippen LogP contribution in [0.15, 0.2) is 41.3 Å². The van der Waals surface area contributed by atoms with Crippen molar-refractivity contribution >= 4 is 52.2 Å². The van der Waals surface area contributed by atoms with Crippen molar-refractivity contribution in [3.63, 3.8) is 0 Å². The van der Waals surface area contributed by atoms with Gasteiger partial charge in [0.05, 0.1) is 12.0 Å². The standard InChI is InChI=1S/C16H14ClIO2S/c1-20-15-9-12(10-19)8-14(18)16(15)21-7-6-11-2-4-13(17)5-3-11/h2-5,8-10H,6-7H2,1H3. The van der Waals surface area contributed by atoms with Gasteiger partial charge in [0, 0.05) is 19.9 Å². The highest BCUT2D eigenvalue weighted by molar-refractivity contribution is 14.1. The van der Waals surface area contributed by atoms with Gasteiger partial charge in [0.2, 0.25) is 0 Å². The largest absolute Gasteiger partial charge is 0.496 e. The van der Waals surface area contributed by atoms with Crippen LogP contribution in [0.1, 0.15) is 15.9 Å². The normalized spacial score (nSPS) is 10.4. The van der Waals surface area contributed by atoms with Crippen LogP contribution in [0.5, 0.6) is 5.75 Å². The van der Waals surface area contributed by atoms with Crippen molar-refractivity contribution < 1.29 is 9.53 Å². The van der Waals surface area contributed by atoms with Gasteiger partial charge in [-0.25, -0.2) is 0 Å². The van der Waals surface area contributed by atoms with Crippen molar-refractivity contribution in [3.8, 4) is 5.75 Å². The zero-order valence-corrected chi connectivity index (χ0v) is 15.2. The molecule has 2 nitrogen and oxygen atoms in total. The Bertz CT molecular complexity index is 629. The van der Waals surface area contributed by atoms with Gasteiger partial charge in [0.15, 0.2) is 0 Å². The van der Waals surface area contributed by atoms with Crippen LogP contribution in [-0.4, -0.2) is 19.1 Å². The van der Waals surface area contributed by atoms with E-state index >= 15 is 0 Å². The third-order valence-electron chi connectivity index (χ3n) is 2.94. The Morgan fingerprint density at radius 3 is 2.62 bits per heavy atom. The second kappa shape index (κ2) is 8.06. The zero-order chi connectivity index (χ0) is 15.2. The number of hydrogen-bond donors (Lipinski definition) is 0. The first-order valence-electron chi connectivity index (χ1n) is 6.34. The second-order valence-corrected chi connectivity index (χ2v) is 7.08. The van der Waals surface area contributed by atoms with Crippen molar-refractivity contribution in [3.05, 3.63) is 56.1 Å². The van der Waals surface area contributed by atoms with Crippen molar-refractivity contribution in [1.82, 2.24) is 0 Å². The van der Waals surface area contributed by atoms with Gasteiger partial charge in [-0.3, -0.25) is 4.79 Å². The summed E-state index contributed by atoms with van der Waals surface area (Å²) in [6, 6.07) is 11.6. The minimum absolute atomic E-state index is 0.637. The van der Waals surface area contributed by atoms with Gasteiger partial charge in [-0.2, -0.15) is 0 Å². The van der Waals surface area contributed by atoms with E-state index in [-0.39, 0.29) is 0 Å². The first kappa shape index (κ1) is 16.6. The molecule has 0 aliphatic heterocycles. The maximum absolute atomic E-state index is 10.9. The predicted octanol–water partition coefficient (Wildman–Crippen LogP) is 5.10. The predicted molar refractivity (Wildman–Crippen MR) is 97.0 cm³/mol. The second-order valence-electron chi connectivity index (χ2n) is 4.38. The number of methoxy groups -OCH3 is 1. The molecule has 0 radical (unpaired) electrons. The fourth-order valence-electron chi connectivity index (χ4n) is 1.87. The zero-order valence-electron chi connectivity index (χ0n) is 11.4. The number of carbonyl (C=O) groups is 1. The molecule has 5 heteroatoms. The summed E-state index contributed by atoms with van der Waals surface area (Å²) in [5.41, 5.74) is 1.89. The number of benzene rings is 2. The third-order valence-corrected chi connectivity index (χ3v) is 5.53. The lowest BCUT2D eigenvalue weighted by Gasteiger charge is -2.11. The summed E-state index contributed by atoms with van der Waals surface area (Å²) in [6.45, 7) is 0. The van der Waals surface area contributed by atoms with Gasteiger partial charge in [0.25, 0.3) is 0 Å². The minimum Gasteiger partial charge on any atom is -0.496 e. The average Bonchev–Trinajstić information content (AvgIpc) is 2.50. The van der Waals surface area contributed by atoms with E-state index in [2.05, 4.69) is 22.6 Å². The minimum atomic E-state index is 0.637. The molecule has 0 aliphatic carbocycles. The Hall–Kier alpha value is -0.720. The molecule has 0 aromatic heterocycles. The van der Waals surface area contributed by atoms with Crippen LogP contribution < -0.4 is 4.74 Å². The number of thioether (sulfide) groups is 1. The maximum Gasteiger partial charge on any atom is 0.150 e. The van der Waals surface area contributed by atoms with Crippen LogP contribution in [0.25, 0.3) is 0 Å². The van der Waals surface area contributed by atoms with Gasteiger partial charge in [-0.1, -0.05) is 23.7 Å². The summed E-state index contributed by atoms with van der Waals surface area (Å²) in [5.74, 6) is 1.69. The average molecular weight is 433 g/mol. The summed E-state index contributed by atoms with van der Waals surface area (Å²) in [4.78, 5) is 12.0. The van der Waals surface area contributed by atoms with Crippen LogP contribution in [-0.2, 0) is 6.42 Å². The van der Waals surface area contributed by atoms with Gasteiger partial charge >= 0.3 is 0 Å². The molecule has 0 saturated heterocycles. The molecule has 0 saturated carbocycles. The monoisotopic (exact) mass is 432 g/mol. The summed E-state index contributed by atoms with van der Waals surface area (Å²) < 4.78 is 6.42. The fourth-order valence-corrected chi connectivity index (χ4v) is 4.11. The lowest BCUT2D eigenvalue weighted by molar-refractivity contribution is 0.112. The molecule has 0 spiro atoms. The first-order valence-corrected chi connectivity index (χ1v) is 8.78. The summed E-state index contributed by atoms with van der Waals surface area (Å²) >= 11 is 9.85. The highest BCUT2D eigenvalue weighted by Crippen LogP contribution is 2.35. The quantitative estimate of drug-likeness (QED) is 0.361. The van der Waals surface area contributed by atoms with E-state index in [9.17, 15) is 4.79 Å². The molecule has 0 fully saturated rings. The Kier molecular flexibility index (Phi) is 6.39. The van der Waals surface area contributed by atoms with Gasteiger partial charge in [-0.15, -0.1) is 11.8 Å². The fraction of sp³-hybridized carbons (Fsp3) is 0.188. The van der Waals surface area contributed by atoms with Crippen LogP contribution >= 0.6 is 46.0 Å². The van der Waals surface area contributed by atoms with E-state index < -0.39 is 0 Å². The van der Waals surface area contributed by atoms with Crippen molar-refractivity contribution in [2.24, 2.45) is 0 Å². The molecule has 0 bridgehead atoms. The molecule has 0 atom stereocenters. The van der Waals surface area contributed by atoms with Crippen molar-refractivity contribution in [1.29, 1.82) is 0 Å². The lowest BCUT2D eigenvalue weighted by atomic mass is 10.2. The van der Waals surface area contributed by atoms with Gasteiger partial charge in [0.1, 0.15) is 12.0 Å². The van der Waals surface area contributed by atoms with E-state index in [0.29, 0.717) is 5.56 Å². The molecule has 2 rings (SSSR count). The van der Waals surface area contributed by atoms with Crippen LogP contribution in [0.4, 0.5) is 0 Å².